The molecule has 2 amide bonds. The number of carbonyl (C=O) groups excluding carboxylic acids is 2. The third kappa shape index (κ3) is 6.57. The van der Waals surface area contributed by atoms with Gasteiger partial charge in [0.2, 0.25) is 5.91 Å². The lowest BCUT2D eigenvalue weighted by Crippen LogP contribution is -3.15. The van der Waals surface area contributed by atoms with Gasteiger partial charge in [0.25, 0.3) is 5.91 Å². The fourth-order valence-electron chi connectivity index (χ4n) is 3.37. The highest BCUT2D eigenvalue weighted by molar-refractivity contribution is 5.91. The zero-order valence-corrected chi connectivity index (χ0v) is 16.6. The molecule has 29 heavy (non-hydrogen) atoms. The highest BCUT2D eigenvalue weighted by Crippen LogP contribution is 2.12. The van der Waals surface area contributed by atoms with Crippen molar-refractivity contribution in [1.29, 1.82) is 0 Å². The van der Waals surface area contributed by atoms with Crippen molar-refractivity contribution in [1.82, 2.24) is 4.90 Å². The van der Waals surface area contributed by atoms with Crippen LogP contribution in [0.2, 0.25) is 0 Å². The fourth-order valence-corrected chi connectivity index (χ4v) is 3.37. The van der Waals surface area contributed by atoms with Gasteiger partial charge in [-0.05, 0) is 42.8 Å². The molecule has 0 unspecified atom stereocenters. The van der Waals surface area contributed by atoms with Gasteiger partial charge in [0, 0.05) is 5.69 Å². The standard InChI is InChI=1S/C22H26FN3O3/c1-17-4-2-7-20(14-17)29-13-8-22(28)26-11-9-25(10-12-26)16-21(27)24-19-6-3-5-18(23)15-19/h2-7,14-15H,8-13,16H2,1H3,(H,24,27)/p+1. The number of nitrogens with one attached hydrogen (secondary N) is 2. The summed E-state index contributed by atoms with van der Waals surface area (Å²) in [7, 11) is 0. The highest BCUT2D eigenvalue weighted by atomic mass is 19.1. The molecule has 154 valence electrons. The molecule has 1 saturated heterocycles. The molecule has 0 spiro atoms. The van der Waals surface area contributed by atoms with Crippen LogP contribution < -0.4 is 15.0 Å². The van der Waals surface area contributed by atoms with Crippen molar-refractivity contribution < 1.29 is 23.6 Å². The molecular formula is C22H27FN3O3+. The number of aryl methyl sites for hydroxylation is 1. The Hall–Kier alpha value is -2.93. The van der Waals surface area contributed by atoms with Gasteiger partial charge in [-0.15, -0.1) is 0 Å². The number of hydrogen-bond acceptors (Lipinski definition) is 3. The average molecular weight is 400 g/mol. The van der Waals surface area contributed by atoms with Gasteiger partial charge >= 0.3 is 0 Å². The Bertz CT molecular complexity index is 851. The first kappa shape index (κ1) is 20.8. The van der Waals surface area contributed by atoms with Crippen LogP contribution >= 0.6 is 0 Å². The van der Waals surface area contributed by atoms with E-state index in [1.807, 2.05) is 36.1 Å². The van der Waals surface area contributed by atoms with Crippen molar-refractivity contribution in [3.8, 4) is 5.75 Å². The Labute approximate surface area is 170 Å². The van der Waals surface area contributed by atoms with E-state index in [0.717, 1.165) is 16.2 Å². The second kappa shape index (κ2) is 10.0. The van der Waals surface area contributed by atoms with E-state index in [1.54, 1.807) is 12.1 Å². The predicted octanol–water partition coefficient (Wildman–Crippen LogP) is 1.27. The lowest BCUT2D eigenvalue weighted by Gasteiger charge is -2.32. The molecule has 0 atom stereocenters. The number of ether oxygens (including phenoxy) is 1. The molecule has 0 radical (unpaired) electrons. The molecule has 1 aliphatic rings. The number of nitrogens with zero attached hydrogens (tertiary/aromatic N) is 1. The normalized spacial score (nSPS) is 14.5. The number of hydrogen-bond donors (Lipinski definition) is 2. The van der Waals surface area contributed by atoms with Gasteiger partial charge in [0.05, 0.1) is 39.2 Å². The summed E-state index contributed by atoms with van der Waals surface area (Å²) < 4.78 is 18.8. The second-order valence-corrected chi connectivity index (χ2v) is 7.28. The maximum Gasteiger partial charge on any atom is 0.279 e. The molecule has 0 saturated carbocycles. The van der Waals surface area contributed by atoms with Gasteiger partial charge in [0.1, 0.15) is 11.6 Å². The monoisotopic (exact) mass is 400 g/mol. The molecule has 3 rings (SSSR count). The second-order valence-electron chi connectivity index (χ2n) is 7.28. The van der Waals surface area contributed by atoms with Gasteiger partial charge in [0.15, 0.2) is 6.54 Å². The summed E-state index contributed by atoms with van der Waals surface area (Å²) in [6.45, 7) is 5.30. The fraction of sp³-hybridized carbons (Fsp3) is 0.364. The lowest BCUT2D eigenvalue weighted by molar-refractivity contribution is -0.895. The quantitative estimate of drug-likeness (QED) is 0.736. The van der Waals surface area contributed by atoms with Gasteiger partial charge in [-0.1, -0.05) is 18.2 Å². The third-order valence-corrected chi connectivity index (χ3v) is 4.92. The van der Waals surface area contributed by atoms with E-state index in [-0.39, 0.29) is 17.6 Å². The SMILES string of the molecule is Cc1cccc(OCCC(=O)N2CC[NH+](CC(=O)Nc3cccc(F)c3)CC2)c1. The molecule has 2 N–H and O–H groups in total. The molecule has 0 aliphatic carbocycles. The summed E-state index contributed by atoms with van der Waals surface area (Å²) in [6, 6.07) is 13.6. The average Bonchev–Trinajstić information content (AvgIpc) is 2.68. The Morgan fingerprint density at radius 2 is 1.90 bits per heavy atom. The first-order valence-corrected chi connectivity index (χ1v) is 9.86. The van der Waals surface area contributed by atoms with E-state index >= 15 is 0 Å². The predicted molar refractivity (Wildman–Crippen MR) is 108 cm³/mol. The van der Waals surface area contributed by atoms with Crippen LogP contribution in [0.25, 0.3) is 0 Å². The topological polar surface area (TPSA) is 63.1 Å². The molecule has 0 aromatic heterocycles. The molecular weight excluding hydrogens is 373 g/mol. The maximum absolute atomic E-state index is 13.2. The van der Waals surface area contributed by atoms with Crippen LogP contribution in [0, 0.1) is 12.7 Å². The summed E-state index contributed by atoms with van der Waals surface area (Å²) in [5.41, 5.74) is 1.58. The van der Waals surface area contributed by atoms with Crippen LogP contribution in [-0.4, -0.2) is 56.0 Å². The smallest absolute Gasteiger partial charge is 0.279 e. The number of halogens is 1. The zero-order valence-electron chi connectivity index (χ0n) is 16.6. The third-order valence-electron chi connectivity index (χ3n) is 4.92. The van der Waals surface area contributed by atoms with Crippen molar-refractivity contribution in [2.75, 3.05) is 44.6 Å². The molecule has 1 fully saturated rings. The van der Waals surface area contributed by atoms with Crippen LogP contribution in [0.5, 0.6) is 5.75 Å². The highest BCUT2D eigenvalue weighted by Gasteiger charge is 2.25. The van der Waals surface area contributed by atoms with Gasteiger partial charge in [-0.3, -0.25) is 9.59 Å². The maximum atomic E-state index is 13.2. The molecule has 7 heteroatoms. The summed E-state index contributed by atoms with van der Waals surface area (Å²) in [6.07, 6.45) is 0.337. The Kier molecular flexibility index (Phi) is 7.19. The molecule has 2 aromatic rings. The van der Waals surface area contributed by atoms with E-state index < -0.39 is 0 Å². The largest absolute Gasteiger partial charge is 0.493 e. The van der Waals surface area contributed by atoms with E-state index in [1.165, 1.54) is 12.1 Å². The van der Waals surface area contributed by atoms with E-state index in [2.05, 4.69) is 5.32 Å². The van der Waals surface area contributed by atoms with Crippen LogP contribution in [0.3, 0.4) is 0 Å². The molecule has 6 nitrogen and oxygen atoms in total. The summed E-state index contributed by atoms with van der Waals surface area (Å²) >= 11 is 0. The number of anilines is 1. The number of rotatable bonds is 7. The number of amides is 2. The number of piperazine rings is 1. The first-order valence-electron chi connectivity index (χ1n) is 9.86. The minimum atomic E-state index is -0.381. The number of benzene rings is 2. The lowest BCUT2D eigenvalue weighted by atomic mass is 10.2. The molecule has 0 bridgehead atoms. The Balaban J connectivity index is 1.36. The Morgan fingerprint density at radius 1 is 1.14 bits per heavy atom. The number of carbonyl (C=O) groups is 2. The molecule has 1 heterocycles. The van der Waals surface area contributed by atoms with Crippen LogP contribution in [-0.2, 0) is 9.59 Å². The van der Waals surface area contributed by atoms with Crippen LogP contribution in [0.4, 0.5) is 10.1 Å². The van der Waals surface area contributed by atoms with Crippen molar-refractivity contribution in [2.24, 2.45) is 0 Å². The Morgan fingerprint density at radius 3 is 2.62 bits per heavy atom. The van der Waals surface area contributed by atoms with Crippen molar-refractivity contribution >= 4 is 17.5 Å². The zero-order chi connectivity index (χ0) is 20.6. The number of quaternary nitrogens is 1. The van der Waals surface area contributed by atoms with E-state index in [9.17, 15) is 14.0 Å². The first-order chi connectivity index (χ1) is 14.0. The van der Waals surface area contributed by atoms with Crippen molar-refractivity contribution in [3.05, 3.63) is 59.9 Å². The van der Waals surface area contributed by atoms with Gasteiger partial charge in [-0.25, -0.2) is 4.39 Å². The minimum Gasteiger partial charge on any atom is -0.493 e. The summed E-state index contributed by atoms with van der Waals surface area (Å²) in [5.74, 6) is 0.308. The molecule has 1 aliphatic heterocycles. The summed E-state index contributed by atoms with van der Waals surface area (Å²) in [5, 5.41) is 2.71. The van der Waals surface area contributed by atoms with Crippen LogP contribution in [0.1, 0.15) is 12.0 Å². The van der Waals surface area contributed by atoms with Gasteiger partial charge < -0.3 is 19.9 Å². The van der Waals surface area contributed by atoms with E-state index in [0.29, 0.717) is 51.4 Å². The summed E-state index contributed by atoms with van der Waals surface area (Å²) in [4.78, 5) is 27.5. The van der Waals surface area contributed by atoms with E-state index in [4.69, 9.17) is 4.74 Å². The molecule has 2 aromatic carbocycles. The van der Waals surface area contributed by atoms with Crippen molar-refractivity contribution in [2.45, 2.75) is 13.3 Å². The minimum absolute atomic E-state index is 0.0703. The van der Waals surface area contributed by atoms with Crippen molar-refractivity contribution in [3.63, 3.8) is 0 Å². The van der Waals surface area contributed by atoms with Crippen LogP contribution in [0.15, 0.2) is 48.5 Å². The van der Waals surface area contributed by atoms with Gasteiger partial charge in [-0.2, -0.15) is 0 Å².